The molecular formula is C18H24N4OS. The van der Waals surface area contributed by atoms with Gasteiger partial charge in [0.15, 0.2) is 0 Å². The summed E-state index contributed by atoms with van der Waals surface area (Å²) in [5.74, 6) is 0.818. The van der Waals surface area contributed by atoms with Gasteiger partial charge in [-0.2, -0.15) is 0 Å². The van der Waals surface area contributed by atoms with Crippen LogP contribution in [0.25, 0.3) is 10.2 Å². The van der Waals surface area contributed by atoms with E-state index < -0.39 is 0 Å². The molecule has 1 saturated carbocycles. The minimum atomic E-state index is 0.0532. The molecular weight excluding hydrogens is 320 g/mol. The highest BCUT2D eigenvalue weighted by Crippen LogP contribution is 2.32. The number of nitrogens with one attached hydrogen (secondary N) is 1. The normalized spacial score (nSPS) is 19.8. The summed E-state index contributed by atoms with van der Waals surface area (Å²) in [7, 11) is 0. The van der Waals surface area contributed by atoms with Gasteiger partial charge in [-0.3, -0.25) is 4.79 Å². The van der Waals surface area contributed by atoms with Crippen LogP contribution >= 0.6 is 11.3 Å². The fourth-order valence-electron chi connectivity index (χ4n) is 3.79. The number of fused-ring (bicyclic) bond motifs is 1. The van der Waals surface area contributed by atoms with Crippen LogP contribution in [0.5, 0.6) is 0 Å². The van der Waals surface area contributed by atoms with Crippen molar-refractivity contribution in [3.63, 3.8) is 0 Å². The summed E-state index contributed by atoms with van der Waals surface area (Å²) in [6.45, 7) is 8.13. The van der Waals surface area contributed by atoms with Gasteiger partial charge in [0.1, 0.15) is 10.7 Å². The van der Waals surface area contributed by atoms with Crippen LogP contribution in [0.1, 0.15) is 52.4 Å². The molecule has 24 heavy (non-hydrogen) atoms. The third kappa shape index (κ3) is 2.93. The first-order chi connectivity index (χ1) is 11.5. The van der Waals surface area contributed by atoms with E-state index in [0.29, 0.717) is 6.04 Å². The molecule has 1 amide bonds. The van der Waals surface area contributed by atoms with Gasteiger partial charge in [0.05, 0.1) is 4.88 Å². The van der Waals surface area contributed by atoms with E-state index in [0.717, 1.165) is 64.1 Å². The Kier molecular flexibility index (Phi) is 4.04. The summed E-state index contributed by atoms with van der Waals surface area (Å²) in [5.41, 5.74) is 1.98. The monoisotopic (exact) mass is 344 g/mol. The van der Waals surface area contributed by atoms with Gasteiger partial charge in [0, 0.05) is 36.3 Å². The molecule has 0 atom stereocenters. The molecule has 4 rings (SSSR count). The van der Waals surface area contributed by atoms with Gasteiger partial charge in [0.25, 0.3) is 5.91 Å². The first kappa shape index (κ1) is 16.0. The third-order valence-electron chi connectivity index (χ3n) is 5.22. The van der Waals surface area contributed by atoms with E-state index >= 15 is 0 Å². The number of hydrogen-bond donors (Lipinski definition) is 1. The van der Waals surface area contributed by atoms with Crippen molar-refractivity contribution in [2.24, 2.45) is 0 Å². The highest BCUT2D eigenvalue weighted by molar-refractivity contribution is 7.20. The van der Waals surface area contributed by atoms with Gasteiger partial charge in [-0.1, -0.05) is 0 Å². The summed E-state index contributed by atoms with van der Waals surface area (Å²) < 4.78 is 0. The first-order valence-corrected chi connectivity index (χ1v) is 9.64. The molecule has 128 valence electrons. The van der Waals surface area contributed by atoms with Crippen LogP contribution in [0.2, 0.25) is 0 Å². The predicted octanol–water partition coefficient (Wildman–Crippen LogP) is 2.97. The molecule has 0 unspecified atom stereocenters. The maximum Gasteiger partial charge on any atom is 0.261 e. The Hall–Kier alpha value is -1.53. The average molecular weight is 344 g/mol. The Labute approximate surface area is 146 Å². The summed E-state index contributed by atoms with van der Waals surface area (Å²) in [4.78, 5) is 26.0. The molecule has 1 aliphatic carbocycles. The van der Waals surface area contributed by atoms with Gasteiger partial charge >= 0.3 is 0 Å². The number of thiophene rings is 1. The number of piperidine rings is 1. The first-order valence-electron chi connectivity index (χ1n) is 8.82. The Morgan fingerprint density at radius 3 is 2.50 bits per heavy atom. The standard InChI is InChI=1S/C18H24N4OS/c1-10-15-11(2)19-12(3)20-18(15)24-16(10)17(23)21-13-6-8-22(9-7-13)14-4-5-14/h13-14H,4-9H2,1-3H3,(H,21,23). The second kappa shape index (κ2) is 6.08. The van der Waals surface area contributed by atoms with Crippen LogP contribution in [0.3, 0.4) is 0 Å². The number of rotatable bonds is 3. The van der Waals surface area contributed by atoms with Crippen molar-refractivity contribution in [1.29, 1.82) is 0 Å². The lowest BCUT2D eigenvalue weighted by molar-refractivity contribution is 0.0913. The Morgan fingerprint density at radius 2 is 1.83 bits per heavy atom. The predicted molar refractivity (Wildman–Crippen MR) is 96.7 cm³/mol. The molecule has 1 saturated heterocycles. The SMILES string of the molecule is Cc1nc(C)c2c(C)c(C(=O)NC3CCN(C4CC4)CC3)sc2n1. The minimum absolute atomic E-state index is 0.0532. The van der Waals surface area contributed by atoms with E-state index in [-0.39, 0.29) is 5.91 Å². The van der Waals surface area contributed by atoms with Crippen molar-refractivity contribution >= 4 is 27.5 Å². The number of carbonyl (C=O) groups excluding carboxylic acids is 1. The second-order valence-electron chi connectivity index (χ2n) is 7.11. The van der Waals surface area contributed by atoms with Gasteiger partial charge in [0.2, 0.25) is 0 Å². The fraction of sp³-hybridized carbons (Fsp3) is 0.611. The Morgan fingerprint density at radius 1 is 1.12 bits per heavy atom. The Balaban J connectivity index is 1.49. The molecule has 6 heteroatoms. The molecule has 2 aromatic heterocycles. The fourth-order valence-corrected chi connectivity index (χ4v) is 4.97. The van der Waals surface area contributed by atoms with Crippen LogP contribution in [0, 0.1) is 20.8 Å². The molecule has 5 nitrogen and oxygen atoms in total. The number of nitrogens with zero attached hydrogens (tertiary/aromatic N) is 3. The number of carbonyl (C=O) groups is 1. The van der Waals surface area contributed by atoms with E-state index in [2.05, 4.69) is 20.2 Å². The number of aromatic nitrogens is 2. The van der Waals surface area contributed by atoms with Crippen molar-refractivity contribution < 1.29 is 4.79 Å². The smallest absolute Gasteiger partial charge is 0.261 e. The molecule has 2 fully saturated rings. The number of aryl methyl sites for hydroxylation is 3. The summed E-state index contributed by atoms with van der Waals surface area (Å²) in [5, 5.41) is 4.29. The molecule has 1 N–H and O–H groups in total. The molecule has 0 aromatic carbocycles. The lowest BCUT2D eigenvalue weighted by Crippen LogP contribution is -2.45. The molecule has 2 aromatic rings. The Bertz CT molecular complexity index is 788. The quantitative estimate of drug-likeness (QED) is 0.930. The van der Waals surface area contributed by atoms with Crippen LogP contribution in [-0.4, -0.2) is 45.9 Å². The molecule has 0 bridgehead atoms. The molecule has 2 aliphatic rings. The molecule has 1 aliphatic heterocycles. The summed E-state index contributed by atoms with van der Waals surface area (Å²) >= 11 is 1.49. The maximum absolute atomic E-state index is 12.8. The lowest BCUT2D eigenvalue weighted by atomic mass is 10.0. The average Bonchev–Trinajstić information content (AvgIpc) is 3.32. The maximum atomic E-state index is 12.8. The van der Waals surface area contributed by atoms with Crippen molar-refractivity contribution in [2.45, 2.75) is 58.5 Å². The van der Waals surface area contributed by atoms with E-state index in [1.165, 1.54) is 24.2 Å². The highest BCUT2D eigenvalue weighted by Gasteiger charge is 2.32. The van der Waals surface area contributed by atoms with Crippen molar-refractivity contribution in [2.75, 3.05) is 13.1 Å². The molecule has 0 radical (unpaired) electrons. The van der Waals surface area contributed by atoms with E-state index in [1.54, 1.807) is 0 Å². The second-order valence-corrected chi connectivity index (χ2v) is 8.11. The summed E-state index contributed by atoms with van der Waals surface area (Å²) in [6.07, 6.45) is 4.84. The van der Waals surface area contributed by atoms with E-state index in [4.69, 9.17) is 0 Å². The van der Waals surface area contributed by atoms with E-state index in [1.807, 2.05) is 20.8 Å². The third-order valence-corrected chi connectivity index (χ3v) is 6.40. The zero-order valence-corrected chi connectivity index (χ0v) is 15.4. The van der Waals surface area contributed by atoms with Gasteiger partial charge in [-0.15, -0.1) is 11.3 Å². The summed E-state index contributed by atoms with van der Waals surface area (Å²) in [6, 6.07) is 1.13. The molecule has 0 spiro atoms. The lowest BCUT2D eigenvalue weighted by Gasteiger charge is -2.32. The van der Waals surface area contributed by atoms with Gasteiger partial charge in [-0.25, -0.2) is 9.97 Å². The van der Waals surface area contributed by atoms with Crippen molar-refractivity contribution in [1.82, 2.24) is 20.2 Å². The zero-order valence-electron chi connectivity index (χ0n) is 14.6. The molecule has 3 heterocycles. The van der Waals surface area contributed by atoms with Crippen LogP contribution in [-0.2, 0) is 0 Å². The minimum Gasteiger partial charge on any atom is -0.349 e. The zero-order chi connectivity index (χ0) is 16.8. The topological polar surface area (TPSA) is 58.1 Å². The van der Waals surface area contributed by atoms with Crippen LogP contribution in [0.4, 0.5) is 0 Å². The van der Waals surface area contributed by atoms with Crippen LogP contribution < -0.4 is 5.32 Å². The van der Waals surface area contributed by atoms with Crippen LogP contribution in [0.15, 0.2) is 0 Å². The number of amides is 1. The van der Waals surface area contributed by atoms with Gasteiger partial charge < -0.3 is 10.2 Å². The van der Waals surface area contributed by atoms with Crippen molar-refractivity contribution in [3.8, 4) is 0 Å². The van der Waals surface area contributed by atoms with E-state index in [9.17, 15) is 4.79 Å². The van der Waals surface area contributed by atoms with Gasteiger partial charge in [-0.05, 0) is 52.0 Å². The number of hydrogen-bond acceptors (Lipinski definition) is 5. The highest BCUT2D eigenvalue weighted by atomic mass is 32.1. The van der Waals surface area contributed by atoms with Crippen molar-refractivity contribution in [3.05, 3.63) is 22.0 Å². The number of likely N-dealkylation sites (tertiary alicyclic amines) is 1. The largest absolute Gasteiger partial charge is 0.349 e.